The summed E-state index contributed by atoms with van der Waals surface area (Å²) < 4.78 is 19.9. The summed E-state index contributed by atoms with van der Waals surface area (Å²) in [6.07, 6.45) is 8.91. The van der Waals surface area contributed by atoms with Gasteiger partial charge in [-0.2, -0.15) is 9.83 Å². The zero-order valence-electron chi connectivity index (χ0n) is 18.4. The van der Waals surface area contributed by atoms with E-state index < -0.39 is 5.82 Å². The third kappa shape index (κ3) is 3.31. The van der Waals surface area contributed by atoms with E-state index in [0.29, 0.717) is 39.2 Å². The normalized spacial score (nSPS) is 12.9. The molecule has 6 rings (SSSR count). The van der Waals surface area contributed by atoms with Crippen LogP contribution < -0.4 is 15.8 Å². The zero-order valence-corrected chi connectivity index (χ0v) is 18.4. The maximum atomic E-state index is 15.1. The van der Waals surface area contributed by atoms with E-state index in [2.05, 4.69) is 25.0 Å². The first-order chi connectivity index (χ1) is 16.5. The van der Waals surface area contributed by atoms with Crippen LogP contribution >= 0.6 is 0 Å². The van der Waals surface area contributed by atoms with Gasteiger partial charge in [0.25, 0.3) is 0 Å². The number of hydrogen-bond acceptors (Lipinski definition) is 6. The Morgan fingerprint density at radius 1 is 1.18 bits per heavy atom. The lowest BCUT2D eigenvalue weighted by Crippen LogP contribution is -2.24. The van der Waals surface area contributed by atoms with Crippen molar-refractivity contribution >= 4 is 28.1 Å². The first kappa shape index (κ1) is 20.2. The molecule has 0 fully saturated rings. The minimum Gasteiger partial charge on any atom is -0.619 e. The summed E-state index contributed by atoms with van der Waals surface area (Å²) in [7, 11) is 0. The summed E-state index contributed by atoms with van der Waals surface area (Å²) in [4.78, 5) is 8.82. The number of rotatable bonds is 3. The highest BCUT2D eigenvalue weighted by Gasteiger charge is 2.19. The number of nitrogens with two attached hydrogens (primary N) is 1. The molecule has 10 heteroatoms. The van der Waals surface area contributed by atoms with Gasteiger partial charge in [0.1, 0.15) is 11.6 Å². The number of pyridine rings is 2. The lowest BCUT2D eigenvalue weighted by atomic mass is 9.98. The van der Waals surface area contributed by atoms with Crippen molar-refractivity contribution in [3.8, 4) is 11.1 Å². The van der Waals surface area contributed by atoms with E-state index in [4.69, 9.17) is 5.73 Å². The van der Waals surface area contributed by atoms with Crippen LogP contribution in [0.4, 0.5) is 21.7 Å². The van der Waals surface area contributed by atoms with Gasteiger partial charge in [0.15, 0.2) is 24.0 Å². The molecule has 5 aromatic rings. The number of fused-ring (bicyclic) bond motifs is 3. The van der Waals surface area contributed by atoms with Crippen molar-refractivity contribution in [1.82, 2.24) is 24.3 Å². The number of anilines is 3. The van der Waals surface area contributed by atoms with Gasteiger partial charge in [0.2, 0.25) is 0 Å². The molecule has 0 amide bonds. The van der Waals surface area contributed by atoms with Crippen molar-refractivity contribution in [2.45, 2.75) is 26.4 Å². The number of aromatic nitrogens is 6. The predicted octanol–water partition coefficient (Wildman–Crippen LogP) is 3.31. The average molecular weight is 456 g/mol. The smallest absolute Gasteiger partial charge is 0.188 e. The lowest BCUT2D eigenvalue weighted by Gasteiger charge is -2.12. The molecule has 170 valence electrons. The van der Waals surface area contributed by atoms with Crippen molar-refractivity contribution in [2.75, 3.05) is 11.1 Å². The Bertz CT molecular complexity index is 1570. The van der Waals surface area contributed by atoms with Crippen molar-refractivity contribution in [3.63, 3.8) is 0 Å². The van der Waals surface area contributed by atoms with E-state index in [1.807, 2.05) is 23.9 Å². The fourth-order valence-corrected chi connectivity index (χ4v) is 4.44. The van der Waals surface area contributed by atoms with Gasteiger partial charge in [-0.15, -0.1) is 0 Å². The Kier molecular flexibility index (Phi) is 4.47. The summed E-state index contributed by atoms with van der Waals surface area (Å²) in [5.74, 6) is 1.63. The highest BCUT2D eigenvalue weighted by Crippen LogP contribution is 2.35. The van der Waals surface area contributed by atoms with Crippen molar-refractivity contribution in [3.05, 3.63) is 83.4 Å². The summed E-state index contributed by atoms with van der Waals surface area (Å²) >= 11 is 0. The number of nitrogen functional groups attached to an aromatic ring is 1. The summed E-state index contributed by atoms with van der Waals surface area (Å²) in [5, 5.41) is 20.9. The molecule has 0 spiro atoms. The van der Waals surface area contributed by atoms with Crippen LogP contribution in [0, 0.1) is 17.9 Å². The fraction of sp³-hybridized carbons (Fsp3) is 0.167. The minimum absolute atomic E-state index is 0.00328. The van der Waals surface area contributed by atoms with Crippen molar-refractivity contribution in [2.24, 2.45) is 0 Å². The molecule has 4 aromatic heterocycles. The van der Waals surface area contributed by atoms with Gasteiger partial charge in [-0.05, 0) is 30.0 Å². The maximum absolute atomic E-state index is 15.1. The second-order valence-corrected chi connectivity index (χ2v) is 8.43. The molecule has 0 radical (unpaired) electrons. The molecule has 0 saturated heterocycles. The summed E-state index contributed by atoms with van der Waals surface area (Å²) in [6, 6.07) is 7.15. The Hall–Kier alpha value is -4.47. The number of benzene rings is 1. The van der Waals surface area contributed by atoms with E-state index in [1.165, 1.54) is 12.4 Å². The molecule has 3 N–H and O–H groups in total. The second-order valence-electron chi connectivity index (χ2n) is 8.43. The van der Waals surface area contributed by atoms with Gasteiger partial charge in [-0.3, -0.25) is 4.68 Å². The number of nitrogens with zero attached hydrogens (tertiary/aromatic N) is 6. The zero-order chi connectivity index (χ0) is 23.4. The Labute approximate surface area is 193 Å². The minimum atomic E-state index is -0.569. The first-order valence-electron chi connectivity index (χ1n) is 10.9. The molecular weight excluding hydrogens is 435 g/mol. The molecule has 34 heavy (non-hydrogen) atoms. The molecule has 0 saturated carbocycles. The van der Waals surface area contributed by atoms with Gasteiger partial charge < -0.3 is 20.8 Å². The fourth-order valence-electron chi connectivity index (χ4n) is 4.44. The van der Waals surface area contributed by atoms with Crippen LogP contribution in [0.15, 0.2) is 55.2 Å². The van der Waals surface area contributed by atoms with Gasteiger partial charge in [-0.25, -0.2) is 14.4 Å². The van der Waals surface area contributed by atoms with Crippen LogP contribution in [0.25, 0.3) is 21.9 Å². The predicted molar refractivity (Wildman–Crippen MR) is 126 cm³/mol. The molecule has 9 nitrogen and oxygen atoms in total. The molecule has 0 atom stereocenters. The molecule has 0 aliphatic carbocycles. The lowest BCUT2D eigenvalue weighted by molar-refractivity contribution is -0.604. The SMILES string of the molecule is Cc1cc[n+]([O-])cc1-c1cc2cc(Nc3cc4n(n3)Cc3nccn3CC4)ncc2c(N)c1F. The third-order valence-electron chi connectivity index (χ3n) is 6.26. The van der Waals surface area contributed by atoms with Gasteiger partial charge in [0, 0.05) is 60.3 Å². The van der Waals surface area contributed by atoms with Gasteiger partial charge in [0.05, 0.1) is 17.8 Å². The average Bonchev–Trinajstić information content (AvgIpc) is 3.39. The molecule has 0 unspecified atom stereocenters. The van der Waals surface area contributed by atoms with E-state index in [0.717, 1.165) is 30.0 Å². The van der Waals surface area contributed by atoms with Crippen LogP contribution in [0.2, 0.25) is 0 Å². The Balaban J connectivity index is 1.36. The summed E-state index contributed by atoms with van der Waals surface area (Å²) in [5.41, 5.74) is 8.75. The van der Waals surface area contributed by atoms with Crippen LogP contribution in [0.1, 0.15) is 17.1 Å². The monoisotopic (exact) mass is 456 g/mol. The van der Waals surface area contributed by atoms with Crippen molar-refractivity contribution < 1.29 is 9.12 Å². The highest BCUT2D eigenvalue weighted by atomic mass is 19.1. The Morgan fingerprint density at radius 3 is 2.94 bits per heavy atom. The van der Waals surface area contributed by atoms with E-state index in [1.54, 1.807) is 30.6 Å². The summed E-state index contributed by atoms with van der Waals surface area (Å²) in [6.45, 7) is 3.28. The van der Waals surface area contributed by atoms with Crippen LogP contribution in [0.3, 0.4) is 0 Å². The number of nitrogens with one attached hydrogen (secondary N) is 1. The second kappa shape index (κ2) is 7.55. The third-order valence-corrected chi connectivity index (χ3v) is 6.26. The Morgan fingerprint density at radius 2 is 2.06 bits per heavy atom. The van der Waals surface area contributed by atoms with Gasteiger partial charge in [-0.1, -0.05) is 0 Å². The van der Waals surface area contributed by atoms with Crippen LogP contribution in [-0.4, -0.2) is 24.3 Å². The largest absolute Gasteiger partial charge is 0.619 e. The molecular formula is C24H21FN8O. The quantitative estimate of drug-likeness (QED) is 0.245. The number of imidazole rings is 1. The van der Waals surface area contributed by atoms with Crippen LogP contribution in [0.5, 0.6) is 0 Å². The van der Waals surface area contributed by atoms with Crippen molar-refractivity contribution in [1.29, 1.82) is 0 Å². The number of aryl methyl sites for hydroxylation is 3. The standard InChI is InChI=1S/C24H21FN8O/c1-14-2-6-32(34)12-19(14)17-8-15-9-20(28-11-18(15)24(26)23(17)25)29-21-10-16-3-5-31-7-4-27-22(31)13-33(16)30-21/h2,4,6-12H,3,5,13,26H2,1H3,(H,28,29,30). The van der Waals surface area contributed by atoms with E-state index >= 15 is 4.39 Å². The topological polar surface area (TPSA) is 114 Å². The number of halogens is 1. The molecule has 1 aromatic carbocycles. The molecule has 1 aliphatic heterocycles. The molecule has 1 aliphatic rings. The van der Waals surface area contributed by atoms with E-state index in [-0.39, 0.29) is 11.3 Å². The maximum Gasteiger partial charge on any atom is 0.188 e. The molecule has 5 heterocycles. The number of hydrogen-bond donors (Lipinski definition) is 2. The first-order valence-corrected chi connectivity index (χ1v) is 10.9. The molecule has 0 bridgehead atoms. The van der Waals surface area contributed by atoms with Gasteiger partial charge >= 0.3 is 0 Å². The highest BCUT2D eigenvalue weighted by molar-refractivity contribution is 5.98. The van der Waals surface area contributed by atoms with E-state index in [9.17, 15) is 5.21 Å². The van der Waals surface area contributed by atoms with Crippen LogP contribution in [-0.2, 0) is 19.5 Å².